The number of hydrogen-bond donors (Lipinski definition) is 1. The predicted octanol–water partition coefficient (Wildman–Crippen LogP) is 4.94. The van der Waals surface area contributed by atoms with Crippen LogP contribution in [0.3, 0.4) is 0 Å². The molecule has 0 heterocycles. The Morgan fingerprint density at radius 2 is 2.05 bits per heavy atom. The molecule has 0 aliphatic heterocycles. The summed E-state index contributed by atoms with van der Waals surface area (Å²) >= 11 is 3.37. The maximum absolute atomic E-state index is 13.6. The third kappa shape index (κ3) is 5.23. The van der Waals surface area contributed by atoms with Gasteiger partial charge >= 0.3 is 0 Å². The van der Waals surface area contributed by atoms with Gasteiger partial charge in [-0.05, 0) is 45.8 Å². The summed E-state index contributed by atoms with van der Waals surface area (Å²) in [4.78, 5) is 0. The van der Waals surface area contributed by atoms with Gasteiger partial charge in [0.15, 0.2) is 0 Å². The van der Waals surface area contributed by atoms with Gasteiger partial charge in [-0.3, -0.25) is 0 Å². The summed E-state index contributed by atoms with van der Waals surface area (Å²) in [5.74, 6) is -0.173. The smallest absolute Gasteiger partial charge is 0.137 e. The van der Waals surface area contributed by atoms with E-state index in [-0.39, 0.29) is 11.2 Å². The molecule has 0 saturated carbocycles. The van der Waals surface area contributed by atoms with Gasteiger partial charge in [-0.2, -0.15) is 0 Å². The highest BCUT2D eigenvalue weighted by Gasteiger charge is 2.25. The van der Waals surface area contributed by atoms with Gasteiger partial charge in [0, 0.05) is 12.6 Å². The Morgan fingerprint density at radius 1 is 1.37 bits per heavy atom. The monoisotopic (exact) mass is 329 g/mol. The first-order valence-electron chi connectivity index (χ1n) is 7.04. The summed E-state index contributed by atoms with van der Waals surface area (Å²) < 4.78 is 14.2. The van der Waals surface area contributed by atoms with E-state index in [4.69, 9.17) is 0 Å². The molecule has 1 rings (SSSR count). The normalized spacial score (nSPS) is 14.7. The van der Waals surface area contributed by atoms with Crippen molar-refractivity contribution in [2.75, 3.05) is 6.54 Å². The number of benzene rings is 1. The molecule has 0 aliphatic carbocycles. The average Bonchev–Trinajstić information content (AvgIpc) is 2.33. The minimum atomic E-state index is -0.173. The van der Waals surface area contributed by atoms with Crippen molar-refractivity contribution in [3.05, 3.63) is 34.1 Å². The molecule has 1 unspecified atom stereocenters. The first-order valence-corrected chi connectivity index (χ1v) is 7.83. The van der Waals surface area contributed by atoms with Gasteiger partial charge in [0.25, 0.3) is 0 Å². The highest BCUT2D eigenvalue weighted by atomic mass is 79.9. The molecule has 0 saturated heterocycles. The van der Waals surface area contributed by atoms with Crippen molar-refractivity contribution in [1.29, 1.82) is 0 Å². The van der Waals surface area contributed by atoms with Crippen LogP contribution in [-0.2, 0) is 6.42 Å². The van der Waals surface area contributed by atoms with E-state index >= 15 is 0 Å². The van der Waals surface area contributed by atoms with Crippen molar-refractivity contribution >= 4 is 15.9 Å². The molecule has 108 valence electrons. The van der Waals surface area contributed by atoms with Crippen LogP contribution in [0, 0.1) is 11.2 Å². The van der Waals surface area contributed by atoms with Crippen LogP contribution in [0.4, 0.5) is 4.39 Å². The Bertz CT molecular complexity index is 406. The summed E-state index contributed by atoms with van der Waals surface area (Å²) in [7, 11) is 0. The van der Waals surface area contributed by atoms with E-state index in [2.05, 4.69) is 48.9 Å². The third-order valence-electron chi connectivity index (χ3n) is 3.44. The lowest BCUT2D eigenvalue weighted by Gasteiger charge is -2.31. The fourth-order valence-electron chi connectivity index (χ4n) is 2.44. The van der Waals surface area contributed by atoms with Crippen LogP contribution in [0.5, 0.6) is 0 Å². The number of nitrogens with one attached hydrogen (secondary N) is 1. The van der Waals surface area contributed by atoms with Crippen LogP contribution < -0.4 is 5.32 Å². The standard InChI is InChI=1S/C16H25BrFN/c1-5-9-16(4,11-19-12(2)3)10-13-7-6-8-14(18)15(13)17/h6-8,12,19H,5,9-11H2,1-4H3. The molecule has 0 bridgehead atoms. The third-order valence-corrected chi connectivity index (χ3v) is 4.33. The number of halogens is 2. The molecule has 0 radical (unpaired) electrons. The van der Waals surface area contributed by atoms with Crippen molar-refractivity contribution < 1.29 is 4.39 Å². The first kappa shape index (κ1) is 16.6. The van der Waals surface area contributed by atoms with Crippen LogP contribution in [-0.4, -0.2) is 12.6 Å². The van der Waals surface area contributed by atoms with E-state index in [1.165, 1.54) is 6.07 Å². The fraction of sp³-hybridized carbons (Fsp3) is 0.625. The van der Waals surface area contributed by atoms with E-state index in [0.717, 1.165) is 31.4 Å². The SMILES string of the molecule is CCCC(C)(CNC(C)C)Cc1cccc(F)c1Br. The van der Waals surface area contributed by atoms with E-state index in [1.807, 2.05) is 6.07 Å². The number of hydrogen-bond acceptors (Lipinski definition) is 1. The molecule has 1 nitrogen and oxygen atoms in total. The molecule has 0 aromatic heterocycles. The van der Waals surface area contributed by atoms with Gasteiger partial charge in [-0.25, -0.2) is 4.39 Å². The summed E-state index contributed by atoms with van der Waals surface area (Å²) in [6.07, 6.45) is 3.16. The minimum absolute atomic E-state index is 0.162. The lowest BCUT2D eigenvalue weighted by molar-refractivity contribution is 0.266. The van der Waals surface area contributed by atoms with Crippen LogP contribution in [0.15, 0.2) is 22.7 Å². The minimum Gasteiger partial charge on any atom is -0.314 e. The van der Waals surface area contributed by atoms with Crippen LogP contribution in [0.25, 0.3) is 0 Å². The van der Waals surface area contributed by atoms with Gasteiger partial charge in [0.05, 0.1) is 4.47 Å². The second-order valence-corrected chi connectivity index (χ2v) is 6.78. The summed E-state index contributed by atoms with van der Waals surface area (Å²) in [6.45, 7) is 9.76. The maximum atomic E-state index is 13.6. The summed E-state index contributed by atoms with van der Waals surface area (Å²) in [5.41, 5.74) is 1.22. The molecule has 1 N–H and O–H groups in total. The Kier molecular flexibility index (Phi) is 6.48. The first-order chi connectivity index (χ1) is 8.88. The Hall–Kier alpha value is -0.410. The number of rotatable bonds is 7. The summed E-state index contributed by atoms with van der Waals surface area (Å²) in [6, 6.07) is 5.78. The Morgan fingerprint density at radius 3 is 2.63 bits per heavy atom. The molecule has 1 aromatic carbocycles. The van der Waals surface area contributed by atoms with Crippen LogP contribution >= 0.6 is 15.9 Å². The Labute approximate surface area is 125 Å². The molecule has 1 atom stereocenters. The average molecular weight is 330 g/mol. The van der Waals surface area contributed by atoms with E-state index in [1.54, 1.807) is 6.07 Å². The Balaban J connectivity index is 2.85. The molecule has 0 amide bonds. The largest absolute Gasteiger partial charge is 0.314 e. The lowest BCUT2D eigenvalue weighted by Crippen LogP contribution is -2.37. The molecule has 19 heavy (non-hydrogen) atoms. The highest BCUT2D eigenvalue weighted by molar-refractivity contribution is 9.10. The van der Waals surface area contributed by atoms with Crippen molar-refractivity contribution in [2.45, 2.75) is 53.0 Å². The molecule has 3 heteroatoms. The van der Waals surface area contributed by atoms with Crippen molar-refractivity contribution in [2.24, 2.45) is 5.41 Å². The van der Waals surface area contributed by atoms with E-state index in [0.29, 0.717) is 10.5 Å². The van der Waals surface area contributed by atoms with Crippen molar-refractivity contribution in [3.8, 4) is 0 Å². The predicted molar refractivity (Wildman–Crippen MR) is 84.0 cm³/mol. The lowest BCUT2D eigenvalue weighted by atomic mass is 9.79. The van der Waals surface area contributed by atoms with Crippen molar-refractivity contribution in [1.82, 2.24) is 5.32 Å². The quantitative estimate of drug-likeness (QED) is 0.747. The molecular weight excluding hydrogens is 305 g/mol. The highest BCUT2D eigenvalue weighted by Crippen LogP contribution is 2.31. The maximum Gasteiger partial charge on any atom is 0.137 e. The molecular formula is C16H25BrFN. The van der Waals surface area contributed by atoms with Gasteiger partial charge in [-0.1, -0.05) is 46.2 Å². The zero-order valence-electron chi connectivity index (χ0n) is 12.4. The van der Waals surface area contributed by atoms with Gasteiger partial charge in [0.2, 0.25) is 0 Å². The van der Waals surface area contributed by atoms with E-state index in [9.17, 15) is 4.39 Å². The van der Waals surface area contributed by atoms with Gasteiger partial charge < -0.3 is 5.32 Å². The zero-order valence-corrected chi connectivity index (χ0v) is 14.0. The molecule has 0 fully saturated rings. The van der Waals surface area contributed by atoms with Crippen molar-refractivity contribution in [3.63, 3.8) is 0 Å². The van der Waals surface area contributed by atoms with Gasteiger partial charge in [0.1, 0.15) is 5.82 Å². The molecule has 0 spiro atoms. The zero-order chi connectivity index (χ0) is 14.5. The van der Waals surface area contributed by atoms with Gasteiger partial charge in [-0.15, -0.1) is 0 Å². The van der Waals surface area contributed by atoms with Crippen LogP contribution in [0.2, 0.25) is 0 Å². The molecule has 0 aliphatic rings. The summed E-state index contributed by atoms with van der Waals surface area (Å²) in [5, 5.41) is 3.52. The topological polar surface area (TPSA) is 12.0 Å². The second-order valence-electron chi connectivity index (χ2n) is 5.99. The van der Waals surface area contributed by atoms with E-state index < -0.39 is 0 Å². The second kappa shape index (κ2) is 7.39. The van der Waals surface area contributed by atoms with Crippen LogP contribution in [0.1, 0.15) is 46.1 Å². The molecule has 1 aromatic rings. The fourth-order valence-corrected chi connectivity index (χ4v) is 2.84.